The van der Waals surface area contributed by atoms with E-state index in [0.29, 0.717) is 6.42 Å². The summed E-state index contributed by atoms with van der Waals surface area (Å²) < 4.78 is 5.19. The van der Waals surface area contributed by atoms with Crippen LogP contribution in [-0.4, -0.2) is 29.4 Å². The Bertz CT molecular complexity index is 675. The van der Waals surface area contributed by atoms with E-state index >= 15 is 0 Å². The zero-order chi connectivity index (χ0) is 16.1. The Morgan fingerprint density at radius 3 is 2.83 bits per heavy atom. The average molecular weight is 311 g/mol. The lowest BCUT2D eigenvalue weighted by Gasteiger charge is -2.23. The molecule has 0 saturated heterocycles. The molecule has 5 nitrogen and oxygen atoms in total. The molecular formula is C18H21N3O2. The molecule has 0 aliphatic heterocycles. The third kappa shape index (κ3) is 4.00. The van der Waals surface area contributed by atoms with Gasteiger partial charge in [-0.2, -0.15) is 0 Å². The number of ether oxygens (including phenoxy) is 1. The number of carbonyl (C=O) groups excluding carboxylic acids is 1. The van der Waals surface area contributed by atoms with Gasteiger partial charge in [0.1, 0.15) is 5.75 Å². The van der Waals surface area contributed by atoms with Gasteiger partial charge in [-0.3, -0.25) is 4.79 Å². The fourth-order valence-electron chi connectivity index (χ4n) is 2.91. The maximum Gasteiger partial charge on any atom is 0.158 e. The normalized spacial score (nSPS) is 17.7. The Morgan fingerprint density at radius 2 is 2.13 bits per heavy atom. The number of benzene rings is 1. The summed E-state index contributed by atoms with van der Waals surface area (Å²) in [5.41, 5.74) is 3.29. The molecule has 1 aliphatic rings. The first-order valence-electron chi connectivity index (χ1n) is 7.83. The minimum Gasteiger partial charge on any atom is -0.497 e. The first-order chi connectivity index (χ1) is 11.2. The number of aromatic amines is 1. The van der Waals surface area contributed by atoms with Crippen molar-refractivity contribution in [1.29, 1.82) is 0 Å². The van der Waals surface area contributed by atoms with E-state index in [1.165, 1.54) is 5.56 Å². The number of rotatable bonds is 6. The highest BCUT2D eigenvalue weighted by Gasteiger charge is 2.22. The van der Waals surface area contributed by atoms with Gasteiger partial charge in [0.25, 0.3) is 0 Å². The molecule has 3 rings (SSSR count). The number of nitrogens with one attached hydrogen (secondary N) is 2. The zero-order valence-electron chi connectivity index (χ0n) is 13.2. The quantitative estimate of drug-likeness (QED) is 0.860. The molecule has 1 heterocycles. The molecule has 1 aliphatic carbocycles. The fraction of sp³-hybridized carbons (Fsp3) is 0.333. The van der Waals surface area contributed by atoms with Gasteiger partial charge in [0.15, 0.2) is 5.78 Å². The average Bonchev–Trinajstić information content (AvgIpc) is 3.08. The van der Waals surface area contributed by atoms with Crippen LogP contribution in [-0.2, 0) is 11.2 Å². The highest BCUT2D eigenvalue weighted by atomic mass is 16.5. The van der Waals surface area contributed by atoms with Gasteiger partial charge in [-0.15, -0.1) is 0 Å². The van der Waals surface area contributed by atoms with Gasteiger partial charge in [0.05, 0.1) is 13.4 Å². The number of hydrogen-bond donors (Lipinski definition) is 2. The first kappa shape index (κ1) is 15.3. The molecule has 0 unspecified atom stereocenters. The van der Waals surface area contributed by atoms with Crippen LogP contribution in [0.5, 0.6) is 5.75 Å². The van der Waals surface area contributed by atoms with Gasteiger partial charge in [-0.05, 0) is 30.0 Å². The van der Waals surface area contributed by atoms with Crippen LogP contribution in [0.2, 0.25) is 0 Å². The number of H-pyrrole nitrogens is 1. The molecule has 5 heteroatoms. The van der Waals surface area contributed by atoms with E-state index < -0.39 is 0 Å². The van der Waals surface area contributed by atoms with E-state index in [4.69, 9.17) is 4.74 Å². The van der Waals surface area contributed by atoms with E-state index in [-0.39, 0.29) is 11.7 Å². The number of hydrogen-bond acceptors (Lipinski definition) is 4. The van der Waals surface area contributed by atoms with Crippen molar-refractivity contribution in [3.05, 3.63) is 59.8 Å². The number of methoxy groups -OCH3 is 1. The molecule has 0 spiro atoms. The number of ketones is 1. The summed E-state index contributed by atoms with van der Waals surface area (Å²) in [6.07, 6.45) is 7.53. The Kier molecular flexibility index (Phi) is 4.76. The van der Waals surface area contributed by atoms with Crippen molar-refractivity contribution in [2.24, 2.45) is 0 Å². The van der Waals surface area contributed by atoms with Crippen molar-refractivity contribution in [2.45, 2.75) is 25.2 Å². The Hall–Kier alpha value is -2.56. The van der Waals surface area contributed by atoms with Crippen molar-refractivity contribution < 1.29 is 9.53 Å². The number of carbonyl (C=O) groups is 1. The van der Waals surface area contributed by atoms with Crippen molar-refractivity contribution >= 4 is 5.78 Å². The monoisotopic (exact) mass is 311 g/mol. The Balaban J connectivity index is 1.59. The SMILES string of the molecule is COc1ccc([C@H]2CC(=O)C=C(NCCc3cnc[nH]3)C2)cc1. The highest BCUT2D eigenvalue weighted by Crippen LogP contribution is 2.31. The molecule has 120 valence electrons. The molecule has 0 amide bonds. The summed E-state index contributed by atoms with van der Waals surface area (Å²) in [5, 5.41) is 3.38. The van der Waals surface area contributed by atoms with E-state index in [1.807, 2.05) is 30.5 Å². The third-order valence-corrected chi connectivity index (χ3v) is 4.14. The molecule has 0 fully saturated rings. The van der Waals surface area contributed by atoms with Crippen molar-refractivity contribution in [3.8, 4) is 5.75 Å². The van der Waals surface area contributed by atoms with E-state index in [0.717, 1.165) is 36.5 Å². The standard InChI is InChI=1S/C18H21N3O2/c1-23-18-4-2-13(3-5-18)14-8-16(10-17(22)9-14)20-7-6-15-11-19-12-21-15/h2-5,10-12,14,20H,6-9H2,1H3,(H,19,21)/t14-/m1/s1. The minimum atomic E-state index is 0.182. The van der Waals surface area contributed by atoms with Crippen LogP contribution in [0.4, 0.5) is 0 Å². The smallest absolute Gasteiger partial charge is 0.158 e. The van der Waals surface area contributed by atoms with Gasteiger partial charge in [-0.1, -0.05) is 12.1 Å². The van der Waals surface area contributed by atoms with Gasteiger partial charge in [-0.25, -0.2) is 4.98 Å². The topological polar surface area (TPSA) is 67.0 Å². The molecule has 0 radical (unpaired) electrons. The lowest BCUT2D eigenvalue weighted by atomic mass is 9.85. The van der Waals surface area contributed by atoms with Gasteiger partial charge >= 0.3 is 0 Å². The second kappa shape index (κ2) is 7.13. The summed E-state index contributed by atoms with van der Waals surface area (Å²) in [6, 6.07) is 7.99. The molecule has 23 heavy (non-hydrogen) atoms. The van der Waals surface area contributed by atoms with Crippen LogP contribution in [0.1, 0.15) is 30.0 Å². The molecule has 2 aromatic rings. The maximum atomic E-state index is 12.0. The number of imidazole rings is 1. The Labute approximate surface area is 135 Å². The maximum absolute atomic E-state index is 12.0. The number of aromatic nitrogens is 2. The second-order valence-corrected chi connectivity index (χ2v) is 5.77. The van der Waals surface area contributed by atoms with Crippen LogP contribution in [0.3, 0.4) is 0 Å². The lowest BCUT2D eigenvalue weighted by molar-refractivity contribution is -0.115. The predicted molar refractivity (Wildman–Crippen MR) is 88.4 cm³/mol. The molecule has 1 atom stereocenters. The largest absolute Gasteiger partial charge is 0.497 e. The van der Waals surface area contributed by atoms with E-state index in [1.54, 1.807) is 19.5 Å². The summed E-state index contributed by atoms with van der Waals surface area (Å²) in [4.78, 5) is 19.1. The molecular weight excluding hydrogens is 290 g/mol. The second-order valence-electron chi connectivity index (χ2n) is 5.77. The third-order valence-electron chi connectivity index (χ3n) is 4.14. The van der Waals surface area contributed by atoms with E-state index in [2.05, 4.69) is 15.3 Å². The van der Waals surface area contributed by atoms with Crippen LogP contribution in [0.25, 0.3) is 0 Å². The highest BCUT2D eigenvalue weighted by molar-refractivity contribution is 5.91. The summed E-state index contributed by atoms with van der Waals surface area (Å²) in [6.45, 7) is 0.788. The van der Waals surface area contributed by atoms with Crippen LogP contribution in [0.15, 0.2) is 48.6 Å². The summed E-state index contributed by atoms with van der Waals surface area (Å²) >= 11 is 0. The van der Waals surface area contributed by atoms with Crippen molar-refractivity contribution in [3.63, 3.8) is 0 Å². The van der Waals surface area contributed by atoms with Gasteiger partial charge in [0.2, 0.25) is 0 Å². The summed E-state index contributed by atoms with van der Waals surface area (Å²) in [7, 11) is 1.66. The molecule has 1 aromatic carbocycles. The van der Waals surface area contributed by atoms with Gasteiger partial charge in [0, 0.05) is 43.1 Å². The van der Waals surface area contributed by atoms with Crippen molar-refractivity contribution in [2.75, 3.05) is 13.7 Å². The number of nitrogens with zero attached hydrogens (tertiary/aromatic N) is 1. The predicted octanol–water partition coefficient (Wildman–Crippen LogP) is 2.58. The van der Waals surface area contributed by atoms with Gasteiger partial charge < -0.3 is 15.0 Å². The van der Waals surface area contributed by atoms with E-state index in [9.17, 15) is 4.79 Å². The lowest BCUT2D eigenvalue weighted by Crippen LogP contribution is -2.23. The van der Waals surface area contributed by atoms with Crippen molar-refractivity contribution in [1.82, 2.24) is 15.3 Å². The molecule has 0 bridgehead atoms. The van der Waals surface area contributed by atoms with Crippen LogP contribution >= 0.6 is 0 Å². The summed E-state index contributed by atoms with van der Waals surface area (Å²) in [5.74, 6) is 1.25. The number of allylic oxidation sites excluding steroid dienone is 2. The first-order valence-corrected chi connectivity index (χ1v) is 7.83. The molecule has 1 aromatic heterocycles. The van der Waals surface area contributed by atoms with Crippen LogP contribution in [0, 0.1) is 0 Å². The fourth-order valence-corrected chi connectivity index (χ4v) is 2.91. The molecule has 2 N–H and O–H groups in total. The Morgan fingerprint density at radius 1 is 1.30 bits per heavy atom. The molecule has 0 saturated carbocycles. The zero-order valence-corrected chi connectivity index (χ0v) is 13.2. The minimum absolute atomic E-state index is 0.182. The van der Waals surface area contributed by atoms with Crippen LogP contribution < -0.4 is 10.1 Å².